The van der Waals surface area contributed by atoms with Crippen LogP contribution in [0.25, 0.3) is 0 Å². The van der Waals surface area contributed by atoms with Crippen molar-refractivity contribution < 1.29 is 4.74 Å². The summed E-state index contributed by atoms with van der Waals surface area (Å²) in [5.74, 6) is 1.69. The average molecular weight is 334 g/mol. The summed E-state index contributed by atoms with van der Waals surface area (Å²) in [7, 11) is 0. The van der Waals surface area contributed by atoms with E-state index in [1.54, 1.807) is 6.21 Å². The quantitative estimate of drug-likeness (QED) is 0.347. The van der Waals surface area contributed by atoms with Crippen LogP contribution in [0.1, 0.15) is 31.7 Å². The van der Waals surface area contributed by atoms with Gasteiger partial charge in [0.2, 0.25) is 0 Å². The number of likely N-dealkylation sites (tertiary alicyclic amines) is 1. The molecule has 3 N–H and O–H groups in total. The Morgan fingerprint density at radius 1 is 1.57 bits per heavy atom. The largest absolute Gasteiger partial charge is 0.494 e. The Morgan fingerprint density at radius 2 is 2.43 bits per heavy atom. The SMILES string of the molecule is CC1CCCN(CCCOc2cccc(C=NNC(N)=S)c2)C1. The molecule has 1 aromatic rings. The van der Waals surface area contributed by atoms with Crippen molar-refractivity contribution in [1.82, 2.24) is 10.3 Å². The van der Waals surface area contributed by atoms with Gasteiger partial charge in [-0.1, -0.05) is 19.1 Å². The fourth-order valence-electron chi connectivity index (χ4n) is 2.82. The lowest BCUT2D eigenvalue weighted by Gasteiger charge is -2.30. The van der Waals surface area contributed by atoms with Crippen molar-refractivity contribution in [3.8, 4) is 5.75 Å². The van der Waals surface area contributed by atoms with E-state index in [0.717, 1.165) is 36.8 Å². The van der Waals surface area contributed by atoms with Crippen LogP contribution in [0.4, 0.5) is 0 Å². The third-order valence-corrected chi connectivity index (χ3v) is 3.97. The predicted octanol–water partition coefficient (Wildman–Crippen LogP) is 2.35. The van der Waals surface area contributed by atoms with Crippen molar-refractivity contribution in [1.29, 1.82) is 0 Å². The minimum absolute atomic E-state index is 0.153. The summed E-state index contributed by atoms with van der Waals surface area (Å²) < 4.78 is 5.83. The number of benzene rings is 1. The number of hydrogen-bond donors (Lipinski definition) is 2. The maximum atomic E-state index is 5.83. The van der Waals surface area contributed by atoms with E-state index in [1.807, 2.05) is 24.3 Å². The summed E-state index contributed by atoms with van der Waals surface area (Å²) in [4.78, 5) is 2.54. The zero-order chi connectivity index (χ0) is 16.5. The minimum atomic E-state index is 0.153. The normalized spacial score (nSPS) is 18.9. The Balaban J connectivity index is 1.71. The van der Waals surface area contributed by atoms with Crippen LogP contribution in [0, 0.1) is 5.92 Å². The highest BCUT2D eigenvalue weighted by molar-refractivity contribution is 7.80. The molecule has 1 aliphatic rings. The van der Waals surface area contributed by atoms with Gasteiger partial charge in [-0.05, 0) is 61.6 Å². The van der Waals surface area contributed by atoms with Crippen LogP contribution >= 0.6 is 12.2 Å². The number of thiocarbonyl (C=S) groups is 1. The summed E-state index contributed by atoms with van der Waals surface area (Å²) >= 11 is 4.69. The second kappa shape index (κ2) is 9.47. The standard InChI is InChI=1S/C17H26N4OS/c1-14-5-3-8-21(13-14)9-4-10-22-16-7-2-6-15(11-16)12-19-20-17(18)23/h2,6-7,11-12,14H,3-5,8-10,13H2,1H3,(H3,18,20,23). The molecule has 0 radical (unpaired) electrons. The molecule has 0 saturated carbocycles. The van der Waals surface area contributed by atoms with Gasteiger partial charge in [-0.3, -0.25) is 5.43 Å². The third kappa shape index (κ3) is 6.97. The average Bonchev–Trinajstić information content (AvgIpc) is 2.52. The van der Waals surface area contributed by atoms with E-state index in [2.05, 4.69) is 22.4 Å². The number of hydrazone groups is 1. The molecule has 1 saturated heterocycles. The van der Waals surface area contributed by atoms with Crippen LogP contribution in [0.5, 0.6) is 5.75 Å². The second-order valence-electron chi connectivity index (χ2n) is 6.06. The number of rotatable bonds is 7. The lowest BCUT2D eigenvalue weighted by atomic mass is 10.0. The summed E-state index contributed by atoms with van der Waals surface area (Å²) in [6.07, 6.45) is 5.41. The maximum Gasteiger partial charge on any atom is 0.184 e. The maximum absolute atomic E-state index is 5.83. The fourth-order valence-corrected chi connectivity index (χ4v) is 2.88. The van der Waals surface area contributed by atoms with E-state index in [9.17, 15) is 0 Å². The summed E-state index contributed by atoms with van der Waals surface area (Å²) in [6.45, 7) is 6.64. The monoisotopic (exact) mass is 334 g/mol. The zero-order valence-electron chi connectivity index (χ0n) is 13.7. The molecule has 1 aromatic carbocycles. The molecule has 2 rings (SSSR count). The minimum Gasteiger partial charge on any atom is -0.494 e. The second-order valence-corrected chi connectivity index (χ2v) is 6.50. The molecule has 1 aliphatic heterocycles. The van der Waals surface area contributed by atoms with Gasteiger partial charge >= 0.3 is 0 Å². The topological polar surface area (TPSA) is 62.9 Å². The summed E-state index contributed by atoms with van der Waals surface area (Å²) in [6, 6.07) is 7.81. The van der Waals surface area contributed by atoms with Gasteiger partial charge in [0.1, 0.15) is 5.75 Å². The zero-order valence-corrected chi connectivity index (χ0v) is 14.5. The van der Waals surface area contributed by atoms with Gasteiger partial charge < -0.3 is 15.4 Å². The Bertz CT molecular complexity index is 535. The highest BCUT2D eigenvalue weighted by Crippen LogP contribution is 2.16. The molecule has 5 nitrogen and oxygen atoms in total. The molecular weight excluding hydrogens is 308 g/mol. The first-order chi connectivity index (χ1) is 11.1. The van der Waals surface area contributed by atoms with Crippen molar-refractivity contribution in [3.63, 3.8) is 0 Å². The first kappa shape index (κ1) is 17.7. The van der Waals surface area contributed by atoms with Crippen molar-refractivity contribution in [2.75, 3.05) is 26.2 Å². The smallest absolute Gasteiger partial charge is 0.184 e. The van der Waals surface area contributed by atoms with Crippen LogP contribution in [0.15, 0.2) is 29.4 Å². The Hall–Kier alpha value is -1.66. The van der Waals surface area contributed by atoms with Crippen molar-refractivity contribution in [2.24, 2.45) is 16.8 Å². The van der Waals surface area contributed by atoms with E-state index < -0.39 is 0 Å². The molecule has 6 heteroatoms. The first-order valence-electron chi connectivity index (χ1n) is 8.17. The van der Waals surface area contributed by atoms with E-state index in [1.165, 1.54) is 25.9 Å². The van der Waals surface area contributed by atoms with E-state index in [0.29, 0.717) is 0 Å². The Kier molecular flexibility index (Phi) is 7.29. The molecule has 0 aliphatic carbocycles. The van der Waals surface area contributed by atoms with Gasteiger partial charge in [0, 0.05) is 13.1 Å². The van der Waals surface area contributed by atoms with Crippen molar-refractivity contribution in [3.05, 3.63) is 29.8 Å². The first-order valence-corrected chi connectivity index (χ1v) is 8.58. The number of piperidine rings is 1. The molecule has 0 bridgehead atoms. The molecule has 0 aromatic heterocycles. The van der Waals surface area contributed by atoms with E-state index >= 15 is 0 Å². The molecule has 1 atom stereocenters. The van der Waals surface area contributed by atoms with Gasteiger partial charge in [0.25, 0.3) is 0 Å². The van der Waals surface area contributed by atoms with Crippen LogP contribution in [-0.4, -0.2) is 42.5 Å². The van der Waals surface area contributed by atoms with Crippen LogP contribution in [-0.2, 0) is 0 Å². The van der Waals surface area contributed by atoms with Crippen LogP contribution < -0.4 is 15.9 Å². The summed E-state index contributed by atoms with van der Waals surface area (Å²) in [5.41, 5.74) is 8.79. The molecule has 0 spiro atoms. The van der Waals surface area contributed by atoms with Crippen LogP contribution in [0.3, 0.4) is 0 Å². The van der Waals surface area contributed by atoms with E-state index in [-0.39, 0.29) is 5.11 Å². The van der Waals surface area contributed by atoms with Gasteiger partial charge in [-0.25, -0.2) is 0 Å². The molecular formula is C17H26N4OS. The lowest BCUT2D eigenvalue weighted by molar-refractivity contribution is 0.170. The molecule has 23 heavy (non-hydrogen) atoms. The van der Waals surface area contributed by atoms with Gasteiger partial charge in [-0.15, -0.1) is 0 Å². The highest BCUT2D eigenvalue weighted by atomic mass is 32.1. The number of hydrogen-bond acceptors (Lipinski definition) is 4. The molecule has 126 valence electrons. The van der Waals surface area contributed by atoms with Crippen molar-refractivity contribution in [2.45, 2.75) is 26.2 Å². The summed E-state index contributed by atoms with van der Waals surface area (Å²) in [5, 5.41) is 4.10. The number of nitrogens with zero attached hydrogens (tertiary/aromatic N) is 2. The molecule has 0 amide bonds. The lowest BCUT2D eigenvalue weighted by Crippen LogP contribution is -2.35. The molecule has 1 fully saturated rings. The fraction of sp³-hybridized carbons (Fsp3) is 0.529. The number of ether oxygens (including phenoxy) is 1. The predicted molar refractivity (Wildman–Crippen MR) is 98.9 cm³/mol. The van der Waals surface area contributed by atoms with Gasteiger partial charge in [0.05, 0.1) is 12.8 Å². The van der Waals surface area contributed by atoms with Gasteiger partial charge in [-0.2, -0.15) is 5.10 Å². The Labute approximate surface area is 143 Å². The van der Waals surface area contributed by atoms with E-state index in [4.69, 9.17) is 22.7 Å². The Morgan fingerprint density at radius 3 is 3.22 bits per heavy atom. The van der Waals surface area contributed by atoms with Gasteiger partial charge in [0.15, 0.2) is 5.11 Å². The highest BCUT2D eigenvalue weighted by Gasteiger charge is 2.15. The third-order valence-electron chi connectivity index (χ3n) is 3.88. The molecule has 1 unspecified atom stereocenters. The number of nitrogens with two attached hydrogens (primary N) is 1. The molecule has 1 heterocycles. The van der Waals surface area contributed by atoms with Crippen LogP contribution in [0.2, 0.25) is 0 Å². The van der Waals surface area contributed by atoms with Crippen molar-refractivity contribution >= 4 is 23.5 Å². The number of nitrogens with one attached hydrogen (secondary N) is 1.